The molecule has 0 radical (unpaired) electrons. The molecule has 0 unspecified atom stereocenters. The topological polar surface area (TPSA) is 69.7 Å². The number of hydrogen-bond donors (Lipinski definition) is 1. The van der Waals surface area contributed by atoms with Crippen molar-refractivity contribution in [2.45, 2.75) is 33.6 Å². The Morgan fingerprint density at radius 3 is 2.20 bits per heavy atom. The van der Waals surface area contributed by atoms with E-state index in [-0.39, 0.29) is 5.57 Å². The Kier molecular flexibility index (Phi) is 5.16. The van der Waals surface area contributed by atoms with Gasteiger partial charge in [0.15, 0.2) is 0 Å². The van der Waals surface area contributed by atoms with Gasteiger partial charge in [-0.2, -0.15) is 0 Å². The second-order valence-corrected chi connectivity index (χ2v) is 8.04. The van der Waals surface area contributed by atoms with Crippen LogP contribution in [-0.4, -0.2) is 30.9 Å². The van der Waals surface area contributed by atoms with Gasteiger partial charge >= 0.3 is 6.03 Å². The smallest absolute Gasteiger partial charge is 0.335 e. The largest absolute Gasteiger partial charge is 0.371 e. The molecule has 2 aliphatic rings. The number of aryl methyl sites for hydroxylation is 3. The first-order chi connectivity index (χ1) is 14.3. The van der Waals surface area contributed by atoms with E-state index in [0.29, 0.717) is 5.69 Å². The molecule has 154 valence electrons. The normalized spacial score (nSPS) is 18.4. The fourth-order valence-corrected chi connectivity index (χ4v) is 4.22. The van der Waals surface area contributed by atoms with Crippen LogP contribution >= 0.6 is 0 Å². The van der Waals surface area contributed by atoms with Crippen LogP contribution in [0.4, 0.5) is 16.2 Å². The van der Waals surface area contributed by atoms with Gasteiger partial charge in [-0.25, -0.2) is 9.69 Å². The van der Waals surface area contributed by atoms with Crippen LogP contribution in [0.15, 0.2) is 42.0 Å². The van der Waals surface area contributed by atoms with Gasteiger partial charge in [0.25, 0.3) is 11.8 Å². The minimum absolute atomic E-state index is 0.0536. The molecule has 2 aliphatic heterocycles. The molecule has 2 heterocycles. The molecular weight excluding hydrogens is 378 g/mol. The summed E-state index contributed by atoms with van der Waals surface area (Å²) in [4.78, 5) is 41.3. The van der Waals surface area contributed by atoms with Gasteiger partial charge in [-0.05, 0) is 86.2 Å². The maximum Gasteiger partial charge on any atom is 0.335 e. The maximum absolute atomic E-state index is 13.1. The lowest BCUT2D eigenvalue weighted by molar-refractivity contribution is -0.122. The number of hydrogen-bond acceptors (Lipinski definition) is 4. The summed E-state index contributed by atoms with van der Waals surface area (Å²) >= 11 is 0. The average molecular weight is 403 g/mol. The van der Waals surface area contributed by atoms with Crippen LogP contribution in [0, 0.1) is 20.8 Å². The summed E-state index contributed by atoms with van der Waals surface area (Å²) in [7, 11) is 0. The molecule has 2 aromatic rings. The lowest BCUT2D eigenvalue weighted by Gasteiger charge is -2.27. The van der Waals surface area contributed by atoms with Crippen molar-refractivity contribution >= 4 is 35.3 Å². The molecule has 2 fully saturated rings. The first kappa shape index (κ1) is 19.9. The first-order valence-corrected chi connectivity index (χ1v) is 10.2. The maximum atomic E-state index is 13.1. The number of carbonyl (C=O) groups excluding carboxylic acids is 3. The minimum Gasteiger partial charge on any atom is -0.371 e. The highest BCUT2D eigenvalue weighted by molar-refractivity contribution is 6.39. The predicted molar refractivity (Wildman–Crippen MR) is 118 cm³/mol. The number of carbonyl (C=O) groups is 3. The number of anilines is 2. The second-order valence-electron chi connectivity index (χ2n) is 8.04. The SMILES string of the molecule is Cc1cc(C)cc(N2C(=O)NC(=O)/C(=C/c3ccc(N4CCCC4)c(C)c3)C2=O)c1. The van der Waals surface area contributed by atoms with Crippen LogP contribution < -0.4 is 15.1 Å². The van der Waals surface area contributed by atoms with Crippen LogP contribution in [-0.2, 0) is 9.59 Å². The fourth-order valence-electron chi connectivity index (χ4n) is 4.22. The number of rotatable bonds is 3. The summed E-state index contributed by atoms with van der Waals surface area (Å²) < 4.78 is 0. The number of barbiturate groups is 1. The number of imide groups is 2. The Balaban J connectivity index is 1.68. The third-order valence-electron chi connectivity index (χ3n) is 5.54. The summed E-state index contributed by atoms with van der Waals surface area (Å²) in [5.41, 5.74) is 5.29. The molecule has 4 amide bonds. The Bertz CT molecular complexity index is 1060. The molecule has 0 aromatic heterocycles. The summed E-state index contributed by atoms with van der Waals surface area (Å²) in [6.45, 7) is 7.93. The standard InChI is InChI=1S/C24H25N3O3/c1-15-10-16(2)12-19(11-15)27-23(29)20(22(28)25-24(27)30)14-18-6-7-21(17(3)13-18)26-8-4-5-9-26/h6-7,10-14H,4-5,8-9H2,1-3H3,(H,25,28,30)/b20-14-. The third kappa shape index (κ3) is 3.73. The van der Waals surface area contributed by atoms with E-state index in [2.05, 4.69) is 10.2 Å². The summed E-state index contributed by atoms with van der Waals surface area (Å²) in [6, 6.07) is 10.7. The molecule has 6 nitrogen and oxygen atoms in total. The van der Waals surface area contributed by atoms with Crippen molar-refractivity contribution in [2.24, 2.45) is 0 Å². The predicted octanol–water partition coefficient (Wildman–Crippen LogP) is 3.88. The molecule has 1 N–H and O–H groups in total. The van der Waals surface area contributed by atoms with Crippen molar-refractivity contribution in [1.82, 2.24) is 5.32 Å². The van der Waals surface area contributed by atoms with Crippen molar-refractivity contribution in [3.8, 4) is 0 Å². The van der Waals surface area contributed by atoms with Crippen LogP contribution in [0.3, 0.4) is 0 Å². The molecule has 0 spiro atoms. The zero-order valence-electron chi connectivity index (χ0n) is 17.5. The number of nitrogens with zero attached hydrogens (tertiary/aromatic N) is 2. The highest BCUT2D eigenvalue weighted by Crippen LogP contribution is 2.27. The highest BCUT2D eigenvalue weighted by atomic mass is 16.2. The Morgan fingerprint density at radius 2 is 1.57 bits per heavy atom. The van der Waals surface area contributed by atoms with Crippen molar-refractivity contribution in [3.63, 3.8) is 0 Å². The fraction of sp³-hybridized carbons (Fsp3) is 0.292. The summed E-state index contributed by atoms with van der Waals surface area (Å²) in [5.74, 6) is -1.29. The zero-order valence-corrected chi connectivity index (χ0v) is 17.5. The van der Waals surface area contributed by atoms with Crippen LogP contribution in [0.1, 0.15) is 35.1 Å². The average Bonchev–Trinajstić information content (AvgIpc) is 3.18. The van der Waals surface area contributed by atoms with Gasteiger partial charge in [0.05, 0.1) is 5.69 Å². The molecule has 4 rings (SSSR count). The minimum atomic E-state index is -0.729. The first-order valence-electron chi connectivity index (χ1n) is 10.2. The van der Waals surface area contributed by atoms with Crippen molar-refractivity contribution in [3.05, 3.63) is 64.2 Å². The molecule has 0 atom stereocenters. The van der Waals surface area contributed by atoms with Gasteiger partial charge in [-0.1, -0.05) is 12.1 Å². The monoisotopic (exact) mass is 403 g/mol. The van der Waals surface area contributed by atoms with Gasteiger partial charge in [-0.3, -0.25) is 14.9 Å². The van der Waals surface area contributed by atoms with E-state index < -0.39 is 17.8 Å². The van der Waals surface area contributed by atoms with E-state index in [1.54, 1.807) is 18.2 Å². The number of urea groups is 1. The molecule has 30 heavy (non-hydrogen) atoms. The third-order valence-corrected chi connectivity index (χ3v) is 5.54. The molecule has 0 saturated carbocycles. The summed E-state index contributed by atoms with van der Waals surface area (Å²) in [5, 5.41) is 2.29. The number of benzene rings is 2. The molecule has 6 heteroatoms. The van der Waals surface area contributed by atoms with Gasteiger partial charge in [0, 0.05) is 18.8 Å². The van der Waals surface area contributed by atoms with Crippen LogP contribution in [0.25, 0.3) is 6.08 Å². The van der Waals surface area contributed by atoms with Crippen molar-refractivity contribution in [2.75, 3.05) is 22.9 Å². The highest BCUT2D eigenvalue weighted by Gasteiger charge is 2.37. The number of nitrogens with one attached hydrogen (secondary N) is 1. The van der Waals surface area contributed by atoms with Crippen molar-refractivity contribution < 1.29 is 14.4 Å². The second kappa shape index (κ2) is 7.78. The molecule has 2 saturated heterocycles. The molecule has 0 aliphatic carbocycles. The Labute approximate surface area is 176 Å². The van der Waals surface area contributed by atoms with E-state index >= 15 is 0 Å². The lowest BCUT2D eigenvalue weighted by Crippen LogP contribution is -2.54. The van der Waals surface area contributed by atoms with Gasteiger partial charge in [-0.15, -0.1) is 0 Å². The van der Waals surface area contributed by atoms with Crippen molar-refractivity contribution in [1.29, 1.82) is 0 Å². The Morgan fingerprint density at radius 1 is 0.900 bits per heavy atom. The van der Waals surface area contributed by atoms with E-state index in [1.807, 2.05) is 45.0 Å². The van der Waals surface area contributed by atoms with Gasteiger partial charge in [0.2, 0.25) is 0 Å². The van der Waals surface area contributed by atoms with E-state index in [9.17, 15) is 14.4 Å². The molecular formula is C24H25N3O3. The Hall–Kier alpha value is -3.41. The lowest BCUT2D eigenvalue weighted by atomic mass is 10.0. The molecule has 2 aromatic carbocycles. The van der Waals surface area contributed by atoms with Crippen LogP contribution in [0.5, 0.6) is 0 Å². The number of amides is 4. The van der Waals surface area contributed by atoms with E-state index in [0.717, 1.165) is 40.2 Å². The molecule has 0 bridgehead atoms. The van der Waals surface area contributed by atoms with Gasteiger partial charge < -0.3 is 4.90 Å². The van der Waals surface area contributed by atoms with E-state index in [4.69, 9.17) is 0 Å². The quantitative estimate of drug-likeness (QED) is 0.624. The summed E-state index contributed by atoms with van der Waals surface area (Å²) in [6.07, 6.45) is 3.95. The van der Waals surface area contributed by atoms with Crippen LogP contribution in [0.2, 0.25) is 0 Å². The van der Waals surface area contributed by atoms with Gasteiger partial charge in [0.1, 0.15) is 5.57 Å². The van der Waals surface area contributed by atoms with E-state index in [1.165, 1.54) is 18.5 Å². The zero-order chi connectivity index (χ0) is 21.4.